The summed E-state index contributed by atoms with van der Waals surface area (Å²) in [7, 11) is 1.52. The zero-order valence-corrected chi connectivity index (χ0v) is 12.0. The van der Waals surface area contributed by atoms with Crippen molar-refractivity contribution in [3.05, 3.63) is 65.5 Å². The Labute approximate surface area is 127 Å². The van der Waals surface area contributed by atoms with Crippen molar-refractivity contribution in [1.82, 2.24) is 9.88 Å². The highest BCUT2D eigenvalue weighted by Crippen LogP contribution is 2.13. The van der Waals surface area contributed by atoms with Crippen LogP contribution in [0.3, 0.4) is 0 Å². The summed E-state index contributed by atoms with van der Waals surface area (Å²) in [6, 6.07) is 8.95. The second-order valence-corrected chi connectivity index (χ2v) is 4.59. The zero-order valence-electron chi connectivity index (χ0n) is 12.0. The highest BCUT2D eigenvalue weighted by atomic mass is 19.2. The quantitative estimate of drug-likeness (QED) is 0.817. The van der Waals surface area contributed by atoms with Crippen molar-refractivity contribution in [2.24, 2.45) is 0 Å². The molecule has 1 aromatic heterocycles. The lowest BCUT2D eigenvalue weighted by Gasteiger charge is -2.16. The fraction of sp³-hybridized carbons (Fsp3) is 0.176. The molecule has 1 amide bonds. The molecule has 2 rings (SSSR count). The van der Waals surface area contributed by atoms with E-state index in [1.807, 2.05) is 6.07 Å². The van der Waals surface area contributed by atoms with Crippen molar-refractivity contribution in [1.29, 1.82) is 0 Å². The maximum Gasteiger partial charge on any atom is 0.256 e. The first-order valence-electron chi connectivity index (χ1n) is 6.69. The Morgan fingerprint density at radius 1 is 1.23 bits per heavy atom. The van der Waals surface area contributed by atoms with Gasteiger partial charge in [-0.05, 0) is 30.2 Å². The Morgan fingerprint density at radius 2 is 2.05 bits per heavy atom. The third-order valence-electron chi connectivity index (χ3n) is 2.98. The van der Waals surface area contributed by atoms with E-state index in [1.165, 1.54) is 24.1 Å². The maximum absolute atomic E-state index is 13.6. The first-order chi connectivity index (χ1) is 10.6. The van der Waals surface area contributed by atoms with Crippen molar-refractivity contribution in [2.75, 3.05) is 13.6 Å². The Bertz CT molecular complexity index is 720. The van der Waals surface area contributed by atoms with Gasteiger partial charge in [-0.1, -0.05) is 18.1 Å². The first-order valence-corrected chi connectivity index (χ1v) is 6.69. The topological polar surface area (TPSA) is 33.2 Å². The van der Waals surface area contributed by atoms with Crippen molar-refractivity contribution in [3.63, 3.8) is 0 Å². The molecule has 22 heavy (non-hydrogen) atoms. The molecule has 0 spiro atoms. The minimum absolute atomic E-state index is 0.278. The molecule has 1 aromatic carbocycles. The average molecular weight is 300 g/mol. The molecular formula is C17H14F2N2O. The van der Waals surface area contributed by atoms with Gasteiger partial charge in [0.2, 0.25) is 0 Å². The molecule has 0 saturated heterocycles. The number of benzene rings is 1. The van der Waals surface area contributed by atoms with E-state index in [-0.39, 0.29) is 5.56 Å². The van der Waals surface area contributed by atoms with Crippen LogP contribution in [0.15, 0.2) is 42.6 Å². The van der Waals surface area contributed by atoms with Crippen LogP contribution in [-0.4, -0.2) is 29.4 Å². The monoisotopic (exact) mass is 300 g/mol. The fourth-order valence-corrected chi connectivity index (χ4v) is 1.79. The van der Waals surface area contributed by atoms with Gasteiger partial charge in [-0.25, -0.2) is 13.8 Å². The number of aromatic nitrogens is 1. The first kappa shape index (κ1) is 15.6. The van der Waals surface area contributed by atoms with Gasteiger partial charge in [-0.15, -0.1) is 0 Å². The molecule has 0 aliphatic carbocycles. The molecule has 5 heteroatoms. The lowest BCUT2D eigenvalue weighted by atomic mass is 10.2. The summed E-state index contributed by atoms with van der Waals surface area (Å²) in [5.41, 5.74) is 0.368. The van der Waals surface area contributed by atoms with Crippen LogP contribution in [0, 0.1) is 23.5 Å². The van der Waals surface area contributed by atoms with Crippen molar-refractivity contribution < 1.29 is 13.6 Å². The predicted molar refractivity (Wildman–Crippen MR) is 79.1 cm³/mol. The molecule has 0 N–H and O–H groups in total. The SMILES string of the molecule is CN(CCC#Cc1ccccn1)C(=O)c1cccc(F)c1F. The molecule has 0 aliphatic rings. The van der Waals surface area contributed by atoms with Gasteiger partial charge in [0.05, 0.1) is 5.56 Å². The number of pyridine rings is 1. The number of carbonyl (C=O) groups is 1. The summed E-state index contributed by atoms with van der Waals surface area (Å²) in [5.74, 6) is 3.03. The van der Waals surface area contributed by atoms with Crippen LogP contribution in [0.2, 0.25) is 0 Å². The Hall–Kier alpha value is -2.74. The third kappa shape index (κ3) is 3.89. The molecule has 3 nitrogen and oxygen atoms in total. The van der Waals surface area contributed by atoms with E-state index >= 15 is 0 Å². The van der Waals surface area contributed by atoms with Crippen LogP contribution >= 0.6 is 0 Å². The normalized spacial score (nSPS) is 9.77. The minimum Gasteiger partial charge on any atom is -0.341 e. The van der Waals surface area contributed by atoms with Gasteiger partial charge in [0.1, 0.15) is 5.69 Å². The van der Waals surface area contributed by atoms with Crippen LogP contribution < -0.4 is 0 Å². The van der Waals surface area contributed by atoms with Crippen molar-refractivity contribution in [3.8, 4) is 11.8 Å². The number of carbonyl (C=O) groups excluding carboxylic acids is 1. The highest BCUT2D eigenvalue weighted by molar-refractivity contribution is 5.94. The number of hydrogen-bond donors (Lipinski definition) is 0. The van der Waals surface area contributed by atoms with E-state index in [0.29, 0.717) is 18.7 Å². The predicted octanol–water partition coefficient (Wildman–Crippen LogP) is 2.87. The van der Waals surface area contributed by atoms with E-state index < -0.39 is 17.5 Å². The molecule has 0 saturated carbocycles. The number of amides is 1. The largest absolute Gasteiger partial charge is 0.341 e. The van der Waals surface area contributed by atoms with Crippen LogP contribution in [0.25, 0.3) is 0 Å². The number of hydrogen-bond acceptors (Lipinski definition) is 2. The molecule has 0 radical (unpaired) electrons. The summed E-state index contributed by atoms with van der Waals surface area (Å²) < 4.78 is 26.7. The van der Waals surface area contributed by atoms with Crippen molar-refractivity contribution in [2.45, 2.75) is 6.42 Å². The van der Waals surface area contributed by atoms with Gasteiger partial charge in [-0.3, -0.25) is 4.79 Å². The summed E-state index contributed by atoms with van der Waals surface area (Å²) in [6.07, 6.45) is 2.06. The van der Waals surface area contributed by atoms with Gasteiger partial charge >= 0.3 is 0 Å². The van der Waals surface area contributed by atoms with Gasteiger partial charge in [0.25, 0.3) is 5.91 Å². The molecular weight excluding hydrogens is 286 g/mol. The number of rotatable bonds is 3. The van der Waals surface area contributed by atoms with E-state index in [9.17, 15) is 13.6 Å². The molecule has 0 fully saturated rings. The smallest absolute Gasteiger partial charge is 0.256 e. The molecule has 0 unspecified atom stereocenters. The second kappa shape index (κ2) is 7.32. The van der Waals surface area contributed by atoms with E-state index in [4.69, 9.17) is 0 Å². The number of nitrogens with zero attached hydrogens (tertiary/aromatic N) is 2. The third-order valence-corrected chi connectivity index (χ3v) is 2.98. The summed E-state index contributed by atoms with van der Waals surface area (Å²) >= 11 is 0. The fourth-order valence-electron chi connectivity index (χ4n) is 1.79. The molecule has 2 aromatic rings. The second-order valence-electron chi connectivity index (χ2n) is 4.59. The Morgan fingerprint density at radius 3 is 2.77 bits per heavy atom. The minimum atomic E-state index is -1.13. The maximum atomic E-state index is 13.6. The lowest BCUT2D eigenvalue weighted by molar-refractivity contribution is 0.0792. The van der Waals surface area contributed by atoms with E-state index in [1.54, 1.807) is 18.3 Å². The van der Waals surface area contributed by atoms with E-state index in [0.717, 1.165) is 6.07 Å². The standard InChI is InChI=1S/C17H14F2N2O/c1-21(12-5-3-8-13-7-2-4-11-20-13)17(22)14-9-6-10-15(18)16(14)19/h2,4,6-7,9-11H,5,12H2,1H3. The zero-order chi connectivity index (χ0) is 15.9. The lowest BCUT2D eigenvalue weighted by Crippen LogP contribution is -2.28. The number of halogens is 2. The summed E-state index contributed by atoms with van der Waals surface area (Å²) in [4.78, 5) is 17.4. The van der Waals surface area contributed by atoms with Gasteiger partial charge in [0.15, 0.2) is 11.6 Å². The van der Waals surface area contributed by atoms with Crippen LogP contribution in [0.5, 0.6) is 0 Å². The van der Waals surface area contributed by atoms with Gasteiger partial charge in [-0.2, -0.15) is 0 Å². The van der Waals surface area contributed by atoms with E-state index in [2.05, 4.69) is 16.8 Å². The van der Waals surface area contributed by atoms with Crippen molar-refractivity contribution >= 4 is 5.91 Å². The molecule has 0 aliphatic heterocycles. The summed E-state index contributed by atoms with van der Waals surface area (Å²) in [6.45, 7) is 0.314. The molecule has 0 atom stereocenters. The van der Waals surface area contributed by atoms with Crippen LogP contribution in [-0.2, 0) is 0 Å². The Balaban J connectivity index is 1.95. The molecule has 0 bridgehead atoms. The molecule has 1 heterocycles. The van der Waals surface area contributed by atoms with Gasteiger partial charge < -0.3 is 4.90 Å². The molecule has 112 valence electrons. The van der Waals surface area contributed by atoms with Crippen LogP contribution in [0.4, 0.5) is 8.78 Å². The average Bonchev–Trinajstić information content (AvgIpc) is 2.54. The van der Waals surface area contributed by atoms with Gasteiger partial charge in [0, 0.05) is 26.2 Å². The Kier molecular flexibility index (Phi) is 5.21. The highest BCUT2D eigenvalue weighted by Gasteiger charge is 2.17. The summed E-state index contributed by atoms with van der Waals surface area (Å²) in [5, 5.41) is 0. The van der Waals surface area contributed by atoms with Crippen LogP contribution in [0.1, 0.15) is 22.5 Å².